The molecule has 2 N–H and O–H groups in total. The van der Waals surface area contributed by atoms with Crippen LogP contribution in [-0.2, 0) is 6.54 Å². The molecule has 20 heavy (non-hydrogen) atoms. The van der Waals surface area contributed by atoms with Gasteiger partial charge in [-0.3, -0.25) is 4.68 Å². The van der Waals surface area contributed by atoms with Gasteiger partial charge >= 0.3 is 0 Å². The van der Waals surface area contributed by atoms with E-state index in [0.717, 1.165) is 18.8 Å². The second kappa shape index (κ2) is 7.05. The number of nitrogens with one attached hydrogen (secondary N) is 2. The minimum Gasteiger partial charge on any atom is -0.362 e. The third-order valence-corrected chi connectivity index (χ3v) is 3.00. The first-order chi connectivity index (χ1) is 9.63. The lowest BCUT2D eigenvalue weighted by Crippen LogP contribution is -2.31. The Bertz CT molecular complexity index is 548. The van der Waals surface area contributed by atoms with Gasteiger partial charge in [-0.05, 0) is 23.7 Å². The van der Waals surface area contributed by atoms with Crippen molar-refractivity contribution in [2.75, 3.05) is 11.9 Å². The zero-order chi connectivity index (χ0) is 14.4. The lowest BCUT2D eigenvalue weighted by Gasteiger charge is -2.10. The molecule has 0 fully saturated rings. The largest absolute Gasteiger partial charge is 0.362 e. The summed E-state index contributed by atoms with van der Waals surface area (Å²) in [4.78, 5) is 0. The maximum Gasteiger partial charge on any atom is 0.170 e. The molecule has 0 saturated carbocycles. The molecule has 0 radical (unpaired) electrons. The van der Waals surface area contributed by atoms with Gasteiger partial charge in [0.25, 0.3) is 0 Å². The molecule has 0 atom stereocenters. The first-order valence-corrected chi connectivity index (χ1v) is 7.15. The monoisotopic (exact) mass is 288 g/mol. The van der Waals surface area contributed by atoms with Crippen molar-refractivity contribution < 1.29 is 0 Å². The van der Waals surface area contributed by atoms with E-state index in [1.807, 2.05) is 29.1 Å². The number of thiocarbonyl (C=S) groups is 1. The molecule has 2 aromatic rings. The van der Waals surface area contributed by atoms with Gasteiger partial charge in [0.05, 0.1) is 18.4 Å². The van der Waals surface area contributed by atoms with Crippen molar-refractivity contribution in [2.24, 2.45) is 5.92 Å². The summed E-state index contributed by atoms with van der Waals surface area (Å²) in [7, 11) is 0. The van der Waals surface area contributed by atoms with Crippen molar-refractivity contribution in [2.45, 2.75) is 20.4 Å². The van der Waals surface area contributed by atoms with Gasteiger partial charge in [0, 0.05) is 12.7 Å². The average molecular weight is 288 g/mol. The zero-order valence-electron chi connectivity index (χ0n) is 11.8. The number of anilines is 1. The Hall–Kier alpha value is -1.88. The first kappa shape index (κ1) is 14.5. The molecular formula is C15H20N4S. The van der Waals surface area contributed by atoms with Gasteiger partial charge in [0.1, 0.15) is 0 Å². The fourth-order valence-electron chi connectivity index (χ4n) is 1.76. The molecule has 1 aromatic carbocycles. The molecule has 106 valence electrons. The minimum atomic E-state index is 0.565. The van der Waals surface area contributed by atoms with Gasteiger partial charge in [-0.1, -0.05) is 44.2 Å². The molecule has 0 aliphatic rings. The highest BCUT2D eigenvalue weighted by Gasteiger charge is 2.02. The molecule has 0 bridgehead atoms. The SMILES string of the molecule is CC(C)CNC(=S)Nc1cnn(Cc2ccccc2)c1. The topological polar surface area (TPSA) is 41.9 Å². The first-order valence-electron chi connectivity index (χ1n) is 6.74. The van der Waals surface area contributed by atoms with Gasteiger partial charge < -0.3 is 10.6 Å². The fraction of sp³-hybridized carbons (Fsp3) is 0.333. The van der Waals surface area contributed by atoms with Crippen LogP contribution in [0.1, 0.15) is 19.4 Å². The van der Waals surface area contributed by atoms with E-state index in [4.69, 9.17) is 12.2 Å². The molecule has 0 spiro atoms. The average Bonchev–Trinajstić information content (AvgIpc) is 2.85. The van der Waals surface area contributed by atoms with Crippen molar-refractivity contribution in [1.29, 1.82) is 0 Å². The number of rotatable bonds is 5. The van der Waals surface area contributed by atoms with Crippen LogP contribution in [0.4, 0.5) is 5.69 Å². The summed E-state index contributed by atoms with van der Waals surface area (Å²) in [5.74, 6) is 0.565. The maximum atomic E-state index is 5.23. The van der Waals surface area contributed by atoms with Gasteiger partial charge in [-0.15, -0.1) is 0 Å². The highest BCUT2D eigenvalue weighted by Crippen LogP contribution is 2.07. The quantitative estimate of drug-likeness (QED) is 0.830. The van der Waals surface area contributed by atoms with Crippen LogP contribution in [0.15, 0.2) is 42.7 Å². The van der Waals surface area contributed by atoms with E-state index in [-0.39, 0.29) is 0 Å². The third kappa shape index (κ3) is 4.66. The number of hydrogen-bond donors (Lipinski definition) is 2. The Morgan fingerprint density at radius 2 is 2.05 bits per heavy atom. The number of aromatic nitrogens is 2. The summed E-state index contributed by atoms with van der Waals surface area (Å²) in [5, 5.41) is 11.3. The normalized spacial score (nSPS) is 10.6. The predicted molar refractivity (Wildman–Crippen MR) is 86.8 cm³/mol. The lowest BCUT2D eigenvalue weighted by molar-refractivity contribution is 0.627. The minimum absolute atomic E-state index is 0.565. The molecule has 1 aromatic heterocycles. The van der Waals surface area contributed by atoms with Crippen molar-refractivity contribution >= 4 is 23.0 Å². The maximum absolute atomic E-state index is 5.23. The Morgan fingerprint density at radius 3 is 2.75 bits per heavy atom. The predicted octanol–water partition coefficient (Wildman–Crippen LogP) is 2.87. The molecule has 0 aliphatic heterocycles. The molecular weight excluding hydrogens is 268 g/mol. The third-order valence-electron chi connectivity index (χ3n) is 2.75. The van der Waals surface area contributed by atoms with E-state index in [0.29, 0.717) is 11.0 Å². The van der Waals surface area contributed by atoms with Gasteiger partial charge in [0.2, 0.25) is 0 Å². The second-order valence-corrected chi connectivity index (χ2v) is 5.55. The summed E-state index contributed by atoms with van der Waals surface area (Å²) in [6.07, 6.45) is 3.74. The Kier molecular flexibility index (Phi) is 5.12. The van der Waals surface area contributed by atoms with Crippen LogP contribution < -0.4 is 10.6 Å². The van der Waals surface area contributed by atoms with Crippen molar-refractivity contribution in [3.05, 3.63) is 48.3 Å². The highest BCUT2D eigenvalue weighted by atomic mass is 32.1. The molecule has 4 nitrogen and oxygen atoms in total. The molecule has 1 heterocycles. The molecule has 0 unspecified atom stereocenters. The highest BCUT2D eigenvalue weighted by molar-refractivity contribution is 7.80. The van der Waals surface area contributed by atoms with Gasteiger partial charge in [-0.25, -0.2) is 0 Å². The fourth-order valence-corrected chi connectivity index (χ4v) is 1.96. The van der Waals surface area contributed by atoms with Crippen molar-refractivity contribution in [3.8, 4) is 0 Å². The lowest BCUT2D eigenvalue weighted by atomic mass is 10.2. The number of hydrogen-bond acceptors (Lipinski definition) is 2. The van der Waals surface area contributed by atoms with Crippen molar-refractivity contribution in [3.63, 3.8) is 0 Å². The summed E-state index contributed by atoms with van der Waals surface area (Å²) in [5.41, 5.74) is 2.13. The number of benzene rings is 1. The van der Waals surface area contributed by atoms with Crippen LogP contribution in [0.25, 0.3) is 0 Å². The van der Waals surface area contributed by atoms with Crippen LogP contribution in [0.5, 0.6) is 0 Å². The van der Waals surface area contributed by atoms with E-state index in [9.17, 15) is 0 Å². The smallest absolute Gasteiger partial charge is 0.170 e. The molecule has 0 amide bonds. The van der Waals surface area contributed by atoms with Gasteiger partial charge in [-0.2, -0.15) is 5.10 Å². The van der Waals surface area contributed by atoms with E-state index in [1.165, 1.54) is 5.56 Å². The van der Waals surface area contributed by atoms with Crippen LogP contribution >= 0.6 is 12.2 Å². The summed E-state index contributed by atoms with van der Waals surface area (Å²) >= 11 is 5.23. The van der Waals surface area contributed by atoms with E-state index >= 15 is 0 Å². The molecule has 0 saturated heterocycles. The van der Waals surface area contributed by atoms with Crippen molar-refractivity contribution in [1.82, 2.24) is 15.1 Å². The van der Waals surface area contributed by atoms with E-state index < -0.39 is 0 Å². The Balaban J connectivity index is 1.87. The standard InChI is InChI=1S/C15H20N4S/c1-12(2)8-16-15(20)18-14-9-17-19(11-14)10-13-6-4-3-5-7-13/h3-7,9,11-12H,8,10H2,1-2H3,(H2,16,18,20). The van der Waals surface area contributed by atoms with Crippen LogP contribution in [0, 0.1) is 5.92 Å². The summed E-state index contributed by atoms with van der Waals surface area (Å²) in [6, 6.07) is 10.2. The summed E-state index contributed by atoms with van der Waals surface area (Å²) < 4.78 is 1.89. The summed E-state index contributed by atoms with van der Waals surface area (Å²) in [6.45, 7) is 5.92. The van der Waals surface area contributed by atoms with E-state index in [1.54, 1.807) is 6.20 Å². The zero-order valence-corrected chi connectivity index (χ0v) is 12.7. The van der Waals surface area contributed by atoms with E-state index in [2.05, 4.69) is 41.7 Å². The van der Waals surface area contributed by atoms with Crippen LogP contribution in [0.3, 0.4) is 0 Å². The molecule has 5 heteroatoms. The second-order valence-electron chi connectivity index (χ2n) is 5.14. The Labute approximate surface area is 125 Å². The molecule has 0 aliphatic carbocycles. The number of nitrogens with zero attached hydrogens (tertiary/aromatic N) is 2. The van der Waals surface area contributed by atoms with Crippen LogP contribution in [-0.4, -0.2) is 21.4 Å². The Morgan fingerprint density at radius 1 is 1.30 bits per heavy atom. The van der Waals surface area contributed by atoms with Gasteiger partial charge in [0.15, 0.2) is 5.11 Å². The molecule has 2 rings (SSSR count). The van der Waals surface area contributed by atoms with Crippen LogP contribution in [0.2, 0.25) is 0 Å².